The van der Waals surface area contributed by atoms with E-state index in [0.717, 1.165) is 71.1 Å². The Balaban J connectivity index is 1.76. The number of hydrogen-bond donors (Lipinski definition) is 6. The van der Waals surface area contributed by atoms with Gasteiger partial charge in [-0.15, -0.1) is 0 Å². The van der Waals surface area contributed by atoms with Crippen LogP contribution in [0.15, 0.2) is 12.2 Å². The molecule has 11 atom stereocenters. The summed E-state index contributed by atoms with van der Waals surface area (Å²) in [5.41, 5.74) is 0. The van der Waals surface area contributed by atoms with E-state index in [4.69, 9.17) is 23.7 Å². The molecule has 0 amide bonds. The highest BCUT2D eigenvalue weighted by Gasteiger charge is 2.51. The van der Waals surface area contributed by atoms with Crippen LogP contribution in [0, 0.1) is 0 Å². The van der Waals surface area contributed by atoms with Crippen LogP contribution in [0.3, 0.4) is 0 Å². The molecule has 268 valence electrons. The zero-order chi connectivity index (χ0) is 34.1. The van der Waals surface area contributed by atoms with Gasteiger partial charge >= 0.3 is 5.97 Å². The molecule has 0 bridgehead atoms. The molecule has 6 N–H and O–H groups in total. The zero-order valence-corrected chi connectivity index (χ0v) is 27.1. The minimum absolute atomic E-state index is 0.139. The highest BCUT2D eigenvalue weighted by Crippen LogP contribution is 2.31. The van der Waals surface area contributed by atoms with Crippen LogP contribution in [0.1, 0.15) is 97.3 Å². The fourth-order valence-corrected chi connectivity index (χ4v) is 5.47. The number of rotatable bonds is 22. The average molecular weight is 664 g/mol. The minimum Gasteiger partial charge on any atom is -0.550 e. The topological polar surface area (TPSA) is 225 Å². The van der Waals surface area contributed by atoms with E-state index in [1.807, 2.05) is 6.92 Å². The van der Waals surface area contributed by atoms with Crippen LogP contribution in [-0.2, 0) is 33.3 Å². The van der Waals surface area contributed by atoms with Gasteiger partial charge in [-0.3, -0.25) is 4.79 Å². The molecule has 0 aromatic rings. The summed E-state index contributed by atoms with van der Waals surface area (Å²) in [5.74, 6) is -1.63. The van der Waals surface area contributed by atoms with Gasteiger partial charge in [0.1, 0.15) is 55.4 Å². The Morgan fingerprint density at radius 2 is 1.33 bits per heavy atom. The van der Waals surface area contributed by atoms with E-state index in [1.54, 1.807) is 0 Å². The molecule has 1 unspecified atom stereocenters. The summed E-state index contributed by atoms with van der Waals surface area (Å²) in [6.07, 6.45) is 0.700. The van der Waals surface area contributed by atoms with Crippen LogP contribution in [0.25, 0.3) is 0 Å². The fraction of sp³-hybridized carbons (Fsp3) is 0.875. The third-order valence-corrected chi connectivity index (χ3v) is 8.25. The molecule has 0 spiro atoms. The number of carboxylic acid groups (broad SMARTS) is 1. The van der Waals surface area contributed by atoms with Crippen LogP contribution in [0.4, 0.5) is 0 Å². The van der Waals surface area contributed by atoms with Crippen molar-refractivity contribution in [3.05, 3.63) is 12.2 Å². The van der Waals surface area contributed by atoms with Gasteiger partial charge in [-0.25, -0.2) is 0 Å². The maximum atomic E-state index is 11.2. The van der Waals surface area contributed by atoms with E-state index in [1.165, 1.54) is 0 Å². The second-order valence-electron chi connectivity index (χ2n) is 12.2. The first-order valence-electron chi connectivity index (χ1n) is 16.6. The number of unbranched alkanes of at least 4 members (excludes halogenated alkanes) is 9. The second kappa shape index (κ2) is 22.0. The van der Waals surface area contributed by atoms with Gasteiger partial charge in [-0.2, -0.15) is 0 Å². The SMILES string of the molecule is CC(=O)OC[C@H]1O[C@@H](O[C@H]2[C@H](OC(C)CCCCCC/C=C\CCCCCCCC(=O)[O-])O[C@H](CO)[C@@H](O)[C@@H]2O)[C@H](O)[C@@H](O)[C@@H]1O. The second-order valence-corrected chi connectivity index (χ2v) is 12.2. The Morgan fingerprint density at radius 3 is 1.93 bits per heavy atom. The number of esters is 1. The fourth-order valence-electron chi connectivity index (χ4n) is 5.47. The molecule has 2 aliphatic heterocycles. The molecule has 0 saturated carbocycles. The Hall–Kier alpha value is -1.72. The molecule has 2 saturated heterocycles. The first kappa shape index (κ1) is 40.5. The monoisotopic (exact) mass is 663 g/mol. The quantitative estimate of drug-likeness (QED) is 0.0508. The van der Waals surface area contributed by atoms with E-state index >= 15 is 0 Å². The first-order valence-corrected chi connectivity index (χ1v) is 16.6. The molecule has 46 heavy (non-hydrogen) atoms. The van der Waals surface area contributed by atoms with Crippen molar-refractivity contribution in [3.63, 3.8) is 0 Å². The van der Waals surface area contributed by atoms with Gasteiger partial charge in [0, 0.05) is 12.9 Å². The summed E-state index contributed by atoms with van der Waals surface area (Å²) in [5, 5.41) is 72.4. The predicted molar refractivity (Wildman–Crippen MR) is 161 cm³/mol. The van der Waals surface area contributed by atoms with Crippen LogP contribution < -0.4 is 5.11 Å². The molecule has 0 radical (unpaired) electrons. The number of aliphatic carboxylic acids is 1. The Labute approximate surface area is 271 Å². The molecular weight excluding hydrogens is 608 g/mol. The van der Waals surface area contributed by atoms with Crippen LogP contribution in [0.5, 0.6) is 0 Å². The van der Waals surface area contributed by atoms with Gasteiger partial charge in [0.15, 0.2) is 12.6 Å². The molecule has 14 heteroatoms. The summed E-state index contributed by atoms with van der Waals surface area (Å²) in [6, 6.07) is 0. The van der Waals surface area contributed by atoms with Crippen LogP contribution >= 0.6 is 0 Å². The number of allylic oxidation sites excluding steroid dienone is 2. The zero-order valence-electron chi connectivity index (χ0n) is 27.1. The normalized spacial score (nSPS) is 32.4. The van der Waals surface area contributed by atoms with Crippen molar-refractivity contribution in [2.24, 2.45) is 0 Å². The Bertz CT molecular complexity index is 887. The highest BCUT2D eigenvalue weighted by molar-refractivity contribution is 5.65. The van der Waals surface area contributed by atoms with Crippen molar-refractivity contribution in [3.8, 4) is 0 Å². The predicted octanol–water partition coefficient (Wildman–Crippen LogP) is -0.0362. The first-order chi connectivity index (χ1) is 22.0. The number of carbonyl (C=O) groups excluding carboxylic acids is 2. The number of aliphatic hydroxyl groups is 6. The average Bonchev–Trinajstić information content (AvgIpc) is 3.01. The van der Waals surface area contributed by atoms with E-state index in [-0.39, 0.29) is 12.5 Å². The van der Waals surface area contributed by atoms with Crippen molar-refractivity contribution in [1.29, 1.82) is 0 Å². The number of carboxylic acids is 1. The summed E-state index contributed by atoms with van der Waals surface area (Å²) in [6.45, 7) is 1.95. The lowest BCUT2D eigenvalue weighted by Crippen LogP contribution is -2.65. The maximum Gasteiger partial charge on any atom is 0.302 e. The van der Waals surface area contributed by atoms with Crippen LogP contribution in [-0.4, -0.2) is 123 Å². The molecule has 2 aliphatic rings. The van der Waals surface area contributed by atoms with Crippen LogP contribution in [0.2, 0.25) is 0 Å². The molecule has 0 aliphatic carbocycles. The Kier molecular flexibility index (Phi) is 19.4. The highest BCUT2D eigenvalue weighted by atomic mass is 16.8. The minimum atomic E-state index is -1.75. The van der Waals surface area contributed by atoms with E-state index in [0.29, 0.717) is 12.8 Å². The van der Waals surface area contributed by atoms with Gasteiger partial charge in [0.05, 0.1) is 12.7 Å². The summed E-state index contributed by atoms with van der Waals surface area (Å²) >= 11 is 0. The lowest BCUT2D eigenvalue weighted by Gasteiger charge is -2.46. The van der Waals surface area contributed by atoms with E-state index in [9.17, 15) is 45.3 Å². The van der Waals surface area contributed by atoms with Gasteiger partial charge in [0.25, 0.3) is 0 Å². The molecule has 0 aromatic carbocycles. The van der Waals surface area contributed by atoms with Crippen molar-refractivity contribution < 1.29 is 69.0 Å². The lowest BCUT2D eigenvalue weighted by atomic mass is 9.97. The van der Waals surface area contributed by atoms with Gasteiger partial charge in [-0.05, 0) is 51.9 Å². The van der Waals surface area contributed by atoms with Crippen molar-refractivity contribution >= 4 is 11.9 Å². The van der Waals surface area contributed by atoms with E-state index in [2.05, 4.69) is 12.2 Å². The number of carbonyl (C=O) groups is 2. The third kappa shape index (κ3) is 14.2. The molecule has 2 fully saturated rings. The Morgan fingerprint density at radius 1 is 0.761 bits per heavy atom. The van der Waals surface area contributed by atoms with Crippen molar-refractivity contribution in [1.82, 2.24) is 0 Å². The largest absolute Gasteiger partial charge is 0.550 e. The maximum absolute atomic E-state index is 11.2. The number of ether oxygens (including phenoxy) is 5. The molecular formula is C32H55O14-. The summed E-state index contributed by atoms with van der Waals surface area (Å²) in [4.78, 5) is 21.6. The molecule has 2 rings (SSSR count). The smallest absolute Gasteiger partial charge is 0.302 e. The number of aliphatic hydroxyl groups excluding tert-OH is 6. The summed E-state index contributed by atoms with van der Waals surface area (Å²) < 4.78 is 27.9. The lowest BCUT2D eigenvalue weighted by molar-refractivity contribution is -0.371. The van der Waals surface area contributed by atoms with Crippen molar-refractivity contribution in [2.45, 2.75) is 165 Å². The molecule has 0 aromatic heterocycles. The standard InChI is InChI=1S/C32H56O14/c1-20(16-14-12-10-8-6-4-3-5-7-9-11-13-15-17-24(35)36)43-32-30(28(40)25(37)22(18-33)44-32)46-31-29(41)27(39)26(38)23(45-31)19-42-21(2)34/h3-4,20,22-23,25-33,37-41H,5-19H2,1-2H3,(H,35,36)/p-1/b4-3-/t20?,22-,23-,25-,26-,27+,28+,29-,30-,31+,32-/m1/s1. The summed E-state index contributed by atoms with van der Waals surface area (Å²) in [7, 11) is 0. The van der Waals surface area contributed by atoms with Crippen molar-refractivity contribution in [2.75, 3.05) is 13.2 Å². The molecule has 14 nitrogen and oxygen atoms in total. The van der Waals surface area contributed by atoms with Gasteiger partial charge < -0.3 is 64.2 Å². The third-order valence-electron chi connectivity index (χ3n) is 8.25. The molecule has 2 heterocycles. The van der Waals surface area contributed by atoms with Gasteiger partial charge in [-0.1, -0.05) is 50.7 Å². The number of hydrogen-bond acceptors (Lipinski definition) is 14. The van der Waals surface area contributed by atoms with Gasteiger partial charge in [0.2, 0.25) is 0 Å². The van der Waals surface area contributed by atoms with E-state index < -0.39 is 86.6 Å².